The number of sulfonamides is 1. The number of unbranched alkanes of at least 4 members (excludes halogenated alkanes) is 2. The highest BCUT2D eigenvalue weighted by atomic mass is 32.2. The molecule has 4 N–H and O–H groups in total. The lowest BCUT2D eigenvalue weighted by Crippen LogP contribution is -2.25. The first-order valence-electron chi connectivity index (χ1n) is 10.3. The molecule has 2 rings (SSSR count). The van der Waals surface area contributed by atoms with E-state index in [0.29, 0.717) is 18.0 Å². The predicted molar refractivity (Wildman–Crippen MR) is 137 cm³/mol. The molecule has 1 aromatic heterocycles. The van der Waals surface area contributed by atoms with Crippen molar-refractivity contribution in [2.75, 3.05) is 25.5 Å². The van der Waals surface area contributed by atoms with Crippen molar-refractivity contribution in [1.82, 2.24) is 9.71 Å². The van der Waals surface area contributed by atoms with Gasteiger partial charge in [0.15, 0.2) is 5.13 Å². The van der Waals surface area contributed by atoms with Crippen LogP contribution < -0.4 is 20.5 Å². The quantitative estimate of drug-likeness (QED) is 0.337. The van der Waals surface area contributed by atoms with E-state index >= 15 is 0 Å². The minimum atomic E-state index is -3.60. The Bertz CT molecular complexity index is 1060. The van der Waals surface area contributed by atoms with E-state index in [1.54, 1.807) is 23.9 Å². The molecule has 0 saturated carbocycles. The van der Waals surface area contributed by atoms with Crippen molar-refractivity contribution in [1.29, 1.82) is 0 Å². The van der Waals surface area contributed by atoms with Crippen molar-refractivity contribution < 1.29 is 13.2 Å². The molecule has 0 aliphatic rings. The van der Waals surface area contributed by atoms with Crippen molar-refractivity contribution in [3.8, 4) is 5.75 Å². The summed E-state index contributed by atoms with van der Waals surface area (Å²) in [5.41, 5.74) is 8.48. The van der Waals surface area contributed by atoms with Gasteiger partial charge in [0.25, 0.3) is 0 Å². The zero-order valence-electron chi connectivity index (χ0n) is 19.0. The number of methoxy groups -OCH3 is 1. The fourth-order valence-electron chi connectivity index (χ4n) is 2.88. The van der Waals surface area contributed by atoms with Gasteiger partial charge in [-0.2, -0.15) is 0 Å². The molecule has 1 aromatic carbocycles. The molecule has 0 amide bonds. The third-order valence-corrected chi connectivity index (χ3v) is 7.67. The monoisotopic (exact) mass is 496 g/mol. The Morgan fingerprint density at radius 2 is 1.97 bits per heavy atom. The summed E-state index contributed by atoms with van der Waals surface area (Å²) in [4.78, 5) is 6.68. The number of thioether (sulfide) groups is 1. The van der Waals surface area contributed by atoms with Gasteiger partial charge >= 0.3 is 0 Å². The summed E-state index contributed by atoms with van der Waals surface area (Å²) in [5, 5.41) is 6.07. The normalized spacial score (nSPS) is 12.4. The van der Waals surface area contributed by atoms with Crippen molar-refractivity contribution in [2.24, 2.45) is 5.73 Å². The van der Waals surface area contributed by atoms with Gasteiger partial charge in [0.1, 0.15) is 10.6 Å². The summed E-state index contributed by atoms with van der Waals surface area (Å²) in [6, 6.07) is 5.11. The Hall–Kier alpha value is -2.01. The highest BCUT2D eigenvalue weighted by Crippen LogP contribution is 2.29. The molecule has 0 spiro atoms. The third-order valence-electron chi connectivity index (χ3n) is 4.52. The molecule has 32 heavy (non-hydrogen) atoms. The molecule has 176 valence electrons. The molecule has 0 unspecified atom stereocenters. The van der Waals surface area contributed by atoms with Crippen LogP contribution in [0.4, 0.5) is 5.13 Å². The van der Waals surface area contributed by atoms with Crippen LogP contribution in [0.3, 0.4) is 0 Å². The average Bonchev–Trinajstić information content (AvgIpc) is 3.20. The highest BCUT2D eigenvalue weighted by molar-refractivity contribution is 8.06. The Balaban J connectivity index is 1.74. The van der Waals surface area contributed by atoms with Crippen molar-refractivity contribution in [2.45, 2.75) is 44.9 Å². The number of hydrogen-bond acceptors (Lipinski definition) is 8. The molecular weight excluding hydrogens is 464 g/mol. The number of nitrogens with zero attached hydrogens (tertiary/aromatic N) is 1. The van der Waals surface area contributed by atoms with Crippen LogP contribution >= 0.6 is 23.1 Å². The van der Waals surface area contributed by atoms with Crippen LogP contribution in [-0.2, 0) is 10.0 Å². The SMILES string of the molecule is C=C(C)S/C(C)=C(\N)c1csc(NCCCCCNS(=O)(=O)c2cc(C)ccc2OC)n1. The van der Waals surface area contributed by atoms with Crippen LogP contribution in [0.2, 0.25) is 0 Å². The van der Waals surface area contributed by atoms with E-state index in [2.05, 4.69) is 21.6 Å². The van der Waals surface area contributed by atoms with Gasteiger partial charge in [0.05, 0.1) is 18.5 Å². The smallest absolute Gasteiger partial charge is 0.244 e. The minimum Gasteiger partial charge on any atom is -0.495 e. The summed E-state index contributed by atoms with van der Waals surface area (Å²) in [6.07, 6.45) is 2.53. The van der Waals surface area contributed by atoms with E-state index < -0.39 is 10.0 Å². The largest absolute Gasteiger partial charge is 0.495 e. The van der Waals surface area contributed by atoms with Gasteiger partial charge in [0.2, 0.25) is 10.0 Å². The third kappa shape index (κ3) is 7.84. The Morgan fingerprint density at radius 3 is 2.66 bits per heavy atom. The number of rotatable bonds is 13. The zero-order valence-corrected chi connectivity index (χ0v) is 21.5. The number of allylic oxidation sites excluding steroid dienone is 2. The summed E-state index contributed by atoms with van der Waals surface area (Å²) in [5.74, 6) is 0.346. The second-order valence-electron chi connectivity index (χ2n) is 7.35. The van der Waals surface area contributed by atoms with Gasteiger partial charge in [-0.1, -0.05) is 30.8 Å². The van der Waals surface area contributed by atoms with E-state index in [9.17, 15) is 8.42 Å². The van der Waals surface area contributed by atoms with Gasteiger partial charge in [-0.25, -0.2) is 18.1 Å². The number of benzene rings is 1. The predicted octanol–water partition coefficient (Wildman–Crippen LogP) is 4.93. The van der Waals surface area contributed by atoms with Crippen LogP contribution in [0.15, 0.2) is 44.9 Å². The molecule has 0 aliphatic carbocycles. The van der Waals surface area contributed by atoms with Gasteiger partial charge < -0.3 is 15.8 Å². The first kappa shape index (κ1) is 26.2. The molecule has 7 nitrogen and oxygen atoms in total. The number of aryl methyl sites for hydroxylation is 1. The fourth-order valence-corrected chi connectivity index (χ4v) is 5.68. The standard InChI is InChI=1S/C22H32N4O3S3/c1-15(2)31-17(4)21(23)18-14-30-22(26-18)24-11-7-6-8-12-25-32(27,28)20-13-16(3)9-10-19(20)29-5/h9-10,13-14,25H,1,6-8,11-12,23H2,2-5H3,(H,24,26)/b21-17-. The number of anilines is 1. The van der Waals surface area contributed by atoms with Gasteiger partial charge in [0, 0.05) is 23.4 Å². The first-order chi connectivity index (χ1) is 15.1. The van der Waals surface area contributed by atoms with Gasteiger partial charge in [-0.3, -0.25) is 0 Å². The lowest BCUT2D eigenvalue weighted by atomic mass is 10.2. The van der Waals surface area contributed by atoms with Crippen LogP contribution in [0.25, 0.3) is 5.70 Å². The van der Waals surface area contributed by atoms with Crippen LogP contribution in [0.1, 0.15) is 44.4 Å². The molecule has 0 atom stereocenters. The second kappa shape index (κ2) is 12.3. The Kier molecular flexibility index (Phi) is 10.1. The Morgan fingerprint density at radius 1 is 1.25 bits per heavy atom. The Labute approximate surface area is 199 Å². The second-order valence-corrected chi connectivity index (χ2v) is 11.5. The maximum atomic E-state index is 12.6. The lowest BCUT2D eigenvalue weighted by Gasteiger charge is -2.11. The summed E-state index contributed by atoms with van der Waals surface area (Å²) in [6.45, 7) is 10.8. The van der Waals surface area contributed by atoms with Gasteiger partial charge in [-0.15, -0.1) is 11.3 Å². The molecule has 1 heterocycles. The number of thiazole rings is 1. The fraction of sp³-hybridized carbons (Fsp3) is 0.409. The summed E-state index contributed by atoms with van der Waals surface area (Å²) >= 11 is 3.06. The van der Waals surface area contributed by atoms with E-state index in [1.165, 1.54) is 18.4 Å². The average molecular weight is 497 g/mol. The maximum Gasteiger partial charge on any atom is 0.244 e. The van der Waals surface area contributed by atoms with Crippen molar-refractivity contribution in [3.63, 3.8) is 0 Å². The first-order valence-corrected chi connectivity index (χ1v) is 13.5. The molecule has 0 bridgehead atoms. The maximum absolute atomic E-state index is 12.6. The summed E-state index contributed by atoms with van der Waals surface area (Å²) in [7, 11) is -2.14. The molecule has 0 fully saturated rings. The number of hydrogen-bond donors (Lipinski definition) is 3. The highest BCUT2D eigenvalue weighted by Gasteiger charge is 2.19. The molecular formula is C22H32N4O3S3. The van der Waals surface area contributed by atoms with Crippen LogP contribution in [0, 0.1) is 6.92 Å². The molecule has 10 heteroatoms. The lowest BCUT2D eigenvalue weighted by molar-refractivity contribution is 0.402. The molecule has 0 saturated heterocycles. The molecule has 0 aliphatic heterocycles. The zero-order chi connectivity index (χ0) is 23.7. The minimum absolute atomic E-state index is 0.173. The summed E-state index contributed by atoms with van der Waals surface area (Å²) < 4.78 is 33.0. The molecule has 2 aromatic rings. The van der Waals surface area contributed by atoms with Crippen LogP contribution in [-0.4, -0.2) is 33.6 Å². The van der Waals surface area contributed by atoms with E-state index in [0.717, 1.165) is 52.0 Å². The number of ether oxygens (including phenoxy) is 1. The topological polar surface area (TPSA) is 106 Å². The number of aromatic nitrogens is 1. The van der Waals surface area contributed by atoms with E-state index in [-0.39, 0.29) is 4.90 Å². The number of nitrogens with two attached hydrogens (primary N) is 1. The molecule has 0 radical (unpaired) electrons. The number of nitrogens with one attached hydrogen (secondary N) is 2. The van der Waals surface area contributed by atoms with Crippen molar-refractivity contribution >= 4 is 44.0 Å². The van der Waals surface area contributed by atoms with Gasteiger partial charge in [-0.05, 0) is 56.2 Å². The van der Waals surface area contributed by atoms with Crippen LogP contribution in [0.5, 0.6) is 5.75 Å². The van der Waals surface area contributed by atoms with E-state index in [1.807, 2.05) is 32.2 Å². The van der Waals surface area contributed by atoms with Crippen molar-refractivity contribution in [3.05, 3.63) is 51.2 Å². The van der Waals surface area contributed by atoms with E-state index in [4.69, 9.17) is 10.5 Å².